The van der Waals surface area contributed by atoms with E-state index in [2.05, 4.69) is 51.4 Å². The first-order chi connectivity index (χ1) is 22.7. The van der Waals surface area contributed by atoms with E-state index in [0.717, 1.165) is 36.2 Å². The van der Waals surface area contributed by atoms with Crippen LogP contribution in [0.5, 0.6) is 11.8 Å². The van der Waals surface area contributed by atoms with Gasteiger partial charge >= 0.3 is 12.0 Å². The van der Waals surface area contributed by atoms with Gasteiger partial charge in [0, 0.05) is 54.2 Å². The van der Waals surface area contributed by atoms with Gasteiger partial charge in [0.2, 0.25) is 11.8 Å². The second kappa shape index (κ2) is 13.3. The van der Waals surface area contributed by atoms with E-state index in [-0.39, 0.29) is 17.6 Å². The molecule has 1 unspecified atom stereocenters. The van der Waals surface area contributed by atoms with Crippen molar-refractivity contribution in [2.75, 3.05) is 19.4 Å². The molecule has 2 aliphatic rings. The quantitative estimate of drug-likeness (QED) is 0.186. The number of hydrogen-bond donors (Lipinski definition) is 3. The summed E-state index contributed by atoms with van der Waals surface area (Å²) in [6.07, 6.45) is 14.8. The molecule has 0 radical (unpaired) electrons. The molecule has 4 aromatic rings. The van der Waals surface area contributed by atoms with Crippen LogP contribution in [0.4, 0.5) is 10.5 Å². The van der Waals surface area contributed by atoms with E-state index in [4.69, 9.17) is 4.84 Å². The van der Waals surface area contributed by atoms with Gasteiger partial charge in [0.15, 0.2) is 0 Å². The number of urea groups is 1. The summed E-state index contributed by atoms with van der Waals surface area (Å²) in [7, 11) is 4.01. The molecule has 11 heteroatoms. The molecule has 0 fully saturated rings. The Kier molecular flexibility index (Phi) is 8.99. The maximum absolute atomic E-state index is 14.4. The Hall–Kier alpha value is -5.16. The minimum Gasteiger partial charge on any atom is -0.492 e. The van der Waals surface area contributed by atoms with Crippen molar-refractivity contribution in [1.82, 2.24) is 19.1 Å². The Bertz CT molecular complexity index is 1870. The third kappa shape index (κ3) is 6.18. The molecule has 6 rings (SSSR count). The first-order valence-electron chi connectivity index (χ1n) is 15.7. The highest BCUT2D eigenvalue weighted by Gasteiger charge is 2.36. The second-order valence-electron chi connectivity index (χ2n) is 11.8. The molecule has 1 aliphatic carbocycles. The lowest BCUT2D eigenvalue weighted by atomic mass is 9.95. The number of nitrogens with zero attached hydrogens (tertiary/aromatic N) is 4. The van der Waals surface area contributed by atoms with Crippen LogP contribution in [0, 0.1) is 0 Å². The zero-order valence-corrected chi connectivity index (χ0v) is 27.8. The Morgan fingerprint density at radius 2 is 1.68 bits per heavy atom. The molecule has 1 atom stereocenters. The lowest BCUT2D eigenvalue weighted by molar-refractivity contribution is 0.0382. The number of carbonyl (C=O) groups excluding carboxylic acids is 2. The van der Waals surface area contributed by atoms with Gasteiger partial charge in [0.05, 0.1) is 23.8 Å². The Morgan fingerprint density at radius 3 is 2.36 bits per heavy atom. The molecular formula is C36H39N5O5S. The van der Waals surface area contributed by atoms with Crippen molar-refractivity contribution in [1.29, 1.82) is 0 Å². The van der Waals surface area contributed by atoms with E-state index in [1.54, 1.807) is 12.1 Å². The summed E-state index contributed by atoms with van der Waals surface area (Å²) >= 11 is 1.84. The van der Waals surface area contributed by atoms with Crippen LogP contribution in [0.15, 0.2) is 90.3 Å². The second-order valence-corrected chi connectivity index (χ2v) is 12.9. The van der Waals surface area contributed by atoms with Crippen molar-refractivity contribution in [3.05, 3.63) is 118 Å². The molecule has 0 spiro atoms. The van der Waals surface area contributed by atoms with Gasteiger partial charge in [0.25, 0.3) is 0 Å². The third-order valence-electron chi connectivity index (χ3n) is 8.69. The molecule has 10 nitrogen and oxygen atoms in total. The minimum atomic E-state index is -0.782. The van der Waals surface area contributed by atoms with Crippen molar-refractivity contribution in [3.63, 3.8) is 0 Å². The summed E-state index contributed by atoms with van der Waals surface area (Å²) in [5.74, 6) is -1.60. The molecular weight excluding hydrogens is 614 g/mol. The summed E-state index contributed by atoms with van der Waals surface area (Å²) < 4.78 is 2.90. The van der Waals surface area contributed by atoms with Crippen LogP contribution in [0.2, 0.25) is 0 Å². The molecule has 3 N–H and O–H groups in total. The van der Waals surface area contributed by atoms with Crippen LogP contribution in [-0.4, -0.2) is 55.4 Å². The first kappa shape index (κ1) is 31.8. The number of nitrogens with one attached hydrogen (secondary N) is 1. The number of aromatic nitrogens is 2. The average molecular weight is 654 g/mol. The van der Waals surface area contributed by atoms with Gasteiger partial charge in [-0.15, -0.1) is 16.1 Å². The molecule has 0 saturated carbocycles. The van der Waals surface area contributed by atoms with Gasteiger partial charge in [-0.25, -0.2) is 9.59 Å². The van der Waals surface area contributed by atoms with Gasteiger partial charge < -0.3 is 34.7 Å². The number of rotatable bonds is 7. The van der Waals surface area contributed by atoms with Crippen LogP contribution < -0.4 is 10.2 Å². The highest BCUT2D eigenvalue weighted by atomic mass is 32.1. The number of amides is 2. The largest absolute Gasteiger partial charge is 0.492 e. The molecule has 0 bridgehead atoms. The fourth-order valence-corrected chi connectivity index (χ4v) is 7.69. The fourth-order valence-electron chi connectivity index (χ4n) is 6.28. The van der Waals surface area contributed by atoms with E-state index in [1.807, 2.05) is 50.2 Å². The smallest absolute Gasteiger partial charge is 0.363 e. The number of aromatic hydroxyl groups is 2. The summed E-state index contributed by atoms with van der Waals surface area (Å²) in [5.41, 5.74) is 6.31. The molecule has 4 heterocycles. The maximum atomic E-state index is 14.4. The molecule has 1 aliphatic heterocycles. The van der Waals surface area contributed by atoms with Gasteiger partial charge in [-0.1, -0.05) is 18.2 Å². The molecule has 1 aromatic carbocycles. The average Bonchev–Trinajstić information content (AvgIpc) is 3.75. The van der Waals surface area contributed by atoms with Gasteiger partial charge in [-0.05, 0) is 93.1 Å². The minimum absolute atomic E-state index is 0.178. The number of anilines is 1. The standard InChI is InChI=1S/C36H39N5O5S/c1-5-23(15-18-26(6-2)38(3)4)33-29-11-9-21-39(29)34-28(27-10-7-8-12-30(27)47-34)22-40(33)36(45)37-25-16-13-24(14-17-25)35(44)46-41-31(42)19-20-32(41)43/h5-6,9,11,13-21,33,42-43H,7-8,10,12,22H2,1-4H3,(H,37,45). The summed E-state index contributed by atoms with van der Waals surface area (Å²) in [6.45, 7) is 4.45. The van der Waals surface area contributed by atoms with Crippen molar-refractivity contribution >= 4 is 29.0 Å². The SMILES string of the molecule is CC=C(C=CC(=CC)N(C)C)C1c2cccn2-c2sc3c(c2CN1C(=O)Nc1ccc(C(=O)On2c(O)ccc2O)cc1)CCCC3. The van der Waals surface area contributed by atoms with Gasteiger partial charge in [-0.2, -0.15) is 0 Å². The van der Waals surface area contributed by atoms with Crippen molar-refractivity contribution < 1.29 is 24.6 Å². The molecule has 244 valence electrons. The lowest BCUT2D eigenvalue weighted by Gasteiger charge is -2.32. The van der Waals surface area contributed by atoms with E-state index in [0.29, 0.717) is 17.0 Å². The van der Waals surface area contributed by atoms with E-state index >= 15 is 0 Å². The predicted molar refractivity (Wildman–Crippen MR) is 183 cm³/mol. The summed E-state index contributed by atoms with van der Waals surface area (Å²) in [6, 6.07) is 12.2. The van der Waals surface area contributed by atoms with Crippen LogP contribution in [-0.2, 0) is 19.4 Å². The number of aryl methyl sites for hydroxylation is 1. The normalized spacial score (nSPS) is 16.3. The molecule has 0 saturated heterocycles. The maximum Gasteiger partial charge on any atom is 0.363 e. The third-order valence-corrected chi connectivity index (χ3v) is 10.0. The molecule has 47 heavy (non-hydrogen) atoms. The zero-order valence-electron chi connectivity index (χ0n) is 26.9. The van der Waals surface area contributed by atoms with E-state index in [9.17, 15) is 19.8 Å². The van der Waals surface area contributed by atoms with Crippen LogP contribution in [0.25, 0.3) is 5.00 Å². The number of fused-ring (bicyclic) bond motifs is 5. The highest BCUT2D eigenvalue weighted by molar-refractivity contribution is 7.15. The van der Waals surface area contributed by atoms with Gasteiger partial charge in [-0.3, -0.25) is 0 Å². The number of carbonyl (C=O) groups is 2. The van der Waals surface area contributed by atoms with Crippen LogP contribution in [0.1, 0.15) is 64.8 Å². The lowest BCUT2D eigenvalue weighted by Crippen LogP contribution is -2.38. The predicted octanol–water partition coefficient (Wildman–Crippen LogP) is 6.96. The summed E-state index contributed by atoms with van der Waals surface area (Å²) in [4.78, 5) is 37.5. The number of benzene rings is 1. The Labute approximate surface area is 278 Å². The van der Waals surface area contributed by atoms with Crippen molar-refractivity contribution in [2.24, 2.45) is 0 Å². The van der Waals surface area contributed by atoms with Crippen LogP contribution in [0.3, 0.4) is 0 Å². The topological polar surface area (TPSA) is 112 Å². The Balaban J connectivity index is 1.34. The molecule has 3 aromatic heterocycles. The van der Waals surface area contributed by atoms with Gasteiger partial charge in [0.1, 0.15) is 5.00 Å². The number of thiophene rings is 1. The monoisotopic (exact) mass is 653 g/mol. The molecule has 2 amide bonds. The van der Waals surface area contributed by atoms with E-state index < -0.39 is 17.7 Å². The highest BCUT2D eigenvalue weighted by Crippen LogP contribution is 2.44. The number of allylic oxidation sites excluding steroid dienone is 3. The zero-order chi connectivity index (χ0) is 33.2. The number of likely N-dealkylation sites (N-methyl/N-ethyl adjacent to an activating group) is 1. The summed E-state index contributed by atoms with van der Waals surface area (Å²) in [5, 5.41) is 23.9. The fraction of sp³-hybridized carbons (Fsp3) is 0.278. The van der Waals surface area contributed by atoms with Crippen LogP contribution >= 0.6 is 11.3 Å². The number of hydrogen-bond acceptors (Lipinski definition) is 7. The van der Waals surface area contributed by atoms with Crippen molar-refractivity contribution in [3.8, 4) is 16.8 Å². The van der Waals surface area contributed by atoms with E-state index in [1.165, 1.54) is 51.7 Å². The Morgan fingerprint density at radius 1 is 0.957 bits per heavy atom. The first-order valence-corrected chi connectivity index (χ1v) is 16.5. The van der Waals surface area contributed by atoms with Crippen molar-refractivity contribution in [2.45, 2.75) is 52.1 Å².